The largest absolute Gasteiger partial charge is 0.506 e. The summed E-state index contributed by atoms with van der Waals surface area (Å²) < 4.78 is 61.8. The molecule has 1 atom stereocenters. The highest BCUT2D eigenvalue weighted by molar-refractivity contribution is 7.95. The van der Waals surface area contributed by atoms with Gasteiger partial charge in [-0.05, 0) is 66.4 Å². The van der Waals surface area contributed by atoms with Crippen molar-refractivity contribution >= 4 is 38.7 Å². The van der Waals surface area contributed by atoms with Crippen LogP contribution in [-0.2, 0) is 21.1 Å². The van der Waals surface area contributed by atoms with Crippen LogP contribution in [0.25, 0.3) is 0 Å². The Kier molecular flexibility index (Phi) is 8.78. The number of hydrogen-bond acceptors (Lipinski definition) is 8. The smallest absolute Gasteiger partial charge is 0.232 e. The second-order valence-corrected chi connectivity index (χ2v) is 14.8. The van der Waals surface area contributed by atoms with E-state index in [1.807, 2.05) is 13.8 Å². The molecule has 4 aromatic rings. The maximum Gasteiger partial charge on any atom is 0.232 e. The summed E-state index contributed by atoms with van der Waals surface area (Å²) in [6, 6.07) is 18.9. The molecule has 6 rings (SSSR count). The summed E-state index contributed by atoms with van der Waals surface area (Å²) in [7, 11) is -1.14. The van der Waals surface area contributed by atoms with Gasteiger partial charge in [0.1, 0.15) is 46.3 Å². The minimum Gasteiger partial charge on any atom is -0.506 e. The fourth-order valence-electron chi connectivity index (χ4n) is 6.38. The van der Waals surface area contributed by atoms with Gasteiger partial charge in [0.25, 0.3) is 0 Å². The Hall–Kier alpha value is -4.74. The molecule has 0 spiro atoms. The number of amides is 1. The van der Waals surface area contributed by atoms with Crippen molar-refractivity contribution in [2.45, 2.75) is 32.7 Å². The van der Waals surface area contributed by atoms with Crippen molar-refractivity contribution in [3.05, 3.63) is 111 Å². The number of aromatic hydroxyl groups is 1. The minimum absolute atomic E-state index is 0.0822. The molecule has 12 heteroatoms. The molecular formula is C36H34ClFN2O7S. The van der Waals surface area contributed by atoms with Crippen LogP contribution in [0.2, 0.25) is 5.02 Å². The summed E-state index contributed by atoms with van der Waals surface area (Å²) >= 11 is 6.26. The normalized spacial score (nSPS) is 17.8. The van der Waals surface area contributed by atoms with E-state index in [4.69, 9.17) is 25.8 Å². The van der Waals surface area contributed by atoms with Gasteiger partial charge in [-0.15, -0.1) is 0 Å². The van der Waals surface area contributed by atoms with Crippen molar-refractivity contribution in [2.24, 2.45) is 5.41 Å². The molecule has 0 fully saturated rings. The van der Waals surface area contributed by atoms with Gasteiger partial charge in [0, 0.05) is 22.9 Å². The number of carbonyl (C=O) groups excluding carboxylic acids is 1. The number of allylic oxidation sites excluding steroid dienone is 1. The van der Waals surface area contributed by atoms with E-state index >= 15 is 4.39 Å². The van der Waals surface area contributed by atoms with E-state index in [1.54, 1.807) is 54.6 Å². The third-order valence-corrected chi connectivity index (χ3v) is 11.0. The minimum atomic E-state index is -4.10. The molecule has 0 saturated carbocycles. The van der Waals surface area contributed by atoms with Crippen LogP contribution in [0, 0.1) is 11.2 Å². The molecule has 2 aliphatic rings. The van der Waals surface area contributed by atoms with Crippen molar-refractivity contribution in [2.75, 3.05) is 30.2 Å². The van der Waals surface area contributed by atoms with Crippen molar-refractivity contribution in [3.63, 3.8) is 0 Å². The standard InChI is InChI=1S/C36H34ClFN2O7S/c1-36(2)19-27-35(48(43,44)20-36)34(24-14-12-23(18-26(24)38)47-31-11-6-5-8-25(31)37)40(28-9-7-10-29(41)33(28)39-27)32(42)17-21-16-22(45-3)13-15-30(21)46-4/h5-16,18,34,39,41H,17,19-20H2,1-4H3. The van der Waals surface area contributed by atoms with Gasteiger partial charge in [0.2, 0.25) is 5.91 Å². The number of anilines is 2. The number of carbonyl (C=O) groups is 1. The average Bonchev–Trinajstić information content (AvgIpc) is 3.17. The van der Waals surface area contributed by atoms with Crippen molar-refractivity contribution in [1.82, 2.24) is 0 Å². The molecule has 250 valence electrons. The molecule has 0 aliphatic carbocycles. The number of sulfone groups is 1. The van der Waals surface area contributed by atoms with Gasteiger partial charge >= 0.3 is 0 Å². The lowest BCUT2D eigenvalue weighted by Gasteiger charge is -2.37. The molecular weight excluding hydrogens is 659 g/mol. The number of benzene rings is 4. The quantitative estimate of drug-likeness (QED) is 0.189. The Morgan fingerprint density at radius 1 is 1.00 bits per heavy atom. The lowest BCUT2D eigenvalue weighted by atomic mass is 9.88. The van der Waals surface area contributed by atoms with Crippen molar-refractivity contribution in [3.8, 4) is 28.7 Å². The predicted octanol–water partition coefficient (Wildman–Crippen LogP) is 7.79. The number of nitrogens with one attached hydrogen (secondary N) is 1. The fourth-order valence-corrected chi connectivity index (χ4v) is 8.91. The Bertz CT molecular complexity index is 2070. The average molecular weight is 693 g/mol. The number of fused-ring (bicyclic) bond motifs is 1. The zero-order valence-corrected chi connectivity index (χ0v) is 28.3. The van der Waals surface area contributed by atoms with Crippen molar-refractivity contribution in [1.29, 1.82) is 0 Å². The van der Waals surface area contributed by atoms with Gasteiger partial charge in [-0.1, -0.05) is 43.6 Å². The van der Waals surface area contributed by atoms with Crippen LogP contribution in [0.3, 0.4) is 0 Å². The van der Waals surface area contributed by atoms with Gasteiger partial charge in [0.15, 0.2) is 9.84 Å². The van der Waals surface area contributed by atoms with Crippen LogP contribution in [0.4, 0.5) is 15.8 Å². The second kappa shape index (κ2) is 12.7. The van der Waals surface area contributed by atoms with Gasteiger partial charge in [-0.2, -0.15) is 0 Å². The number of ether oxygens (including phenoxy) is 3. The zero-order chi connectivity index (χ0) is 34.4. The van der Waals surface area contributed by atoms with Gasteiger partial charge in [0.05, 0.1) is 42.0 Å². The maximum atomic E-state index is 16.5. The number of phenols is 1. The molecule has 0 radical (unpaired) electrons. The number of methoxy groups -OCH3 is 2. The highest BCUT2D eigenvalue weighted by Crippen LogP contribution is 2.52. The SMILES string of the molecule is COc1ccc(OC)c(CC(=O)N2c3cccc(O)c3NC3=C(C2c2ccc(Oc4ccccc4Cl)cc2F)S(=O)(=O)CC(C)(C)C3)c1. The Morgan fingerprint density at radius 3 is 2.46 bits per heavy atom. The fraction of sp³-hybridized carbons (Fsp3) is 0.250. The summed E-state index contributed by atoms with van der Waals surface area (Å²) in [4.78, 5) is 15.7. The maximum absolute atomic E-state index is 16.5. The number of nitrogens with zero attached hydrogens (tertiary/aromatic N) is 1. The summed E-state index contributed by atoms with van der Waals surface area (Å²) in [6.07, 6.45) is -0.0116. The first kappa shape index (κ1) is 33.2. The van der Waals surface area contributed by atoms with Crippen LogP contribution in [0.5, 0.6) is 28.7 Å². The molecule has 1 amide bonds. The number of rotatable bonds is 7. The predicted molar refractivity (Wildman–Crippen MR) is 182 cm³/mol. The lowest BCUT2D eigenvalue weighted by Crippen LogP contribution is -2.42. The second-order valence-electron chi connectivity index (χ2n) is 12.5. The monoisotopic (exact) mass is 692 g/mol. The van der Waals surface area contributed by atoms with Gasteiger partial charge in [-0.3, -0.25) is 9.69 Å². The Balaban J connectivity index is 1.57. The Labute approximate surface area is 283 Å². The van der Waals surface area contributed by atoms with Crippen LogP contribution >= 0.6 is 11.6 Å². The molecule has 2 heterocycles. The van der Waals surface area contributed by atoms with Gasteiger partial charge < -0.3 is 24.6 Å². The van der Waals surface area contributed by atoms with E-state index in [2.05, 4.69) is 5.32 Å². The summed E-state index contributed by atoms with van der Waals surface area (Å²) in [5, 5.41) is 14.5. The van der Waals surface area contributed by atoms with Crippen LogP contribution in [-0.4, -0.2) is 39.4 Å². The zero-order valence-electron chi connectivity index (χ0n) is 26.7. The summed E-state index contributed by atoms with van der Waals surface area (Å²) in [6.45, 7) is 3.64. The van der Waals surface area contributed by atoms with Crippen molar-refractivity contribution < 1.29 is 36.9 Å². The molecule has 0 saturated heterocycles. The molecule has 2 aliphatic heterocycles. The molecule has 48 heavy (non-hydrogen) atoms. The highest BCUT2D eigenvalue weighted by Gasteiger charge is 2.47. The molecule has 1 unspecified atom stereocenters. The topological polar surface area (TPSA) is 114 Å². The van der Waals surface area contributed by atoms with Crippen LogP contribution in [0.15, 0.2) is 89.5 Å². The third-order valence-electron chi connectivity index (χ3n) is 8.36. The van der Waals surface area contributed by atoms with Gasteiger partial charge in [-0.25, -0.2) is 12.8 Å². The van der Waals surface area contributed by atoms with E-state index in [0.717, 1.165) is 6.07 Å². The number of phenolic OH excluding ortho intramolecular Hbond substituents is 1. The highest BCUT2D eigenvalue weighted by atomic mass is 35.5. The number of halogens is 2. The lowest BCUT2D eigenvalue weighted by molar-refractivity contribution is -0.118. The first-order chi connectivity index (χ1) is 22.8. The first-order valence-corrected chi connectivity index (χ1v) is 17.1. The molecule has 4 aromatic carbocycles. The number of hydrogen-bond donors (Lipinski definition) is 2. The number of para-hydroxylation sites is 2. The van der Waals surface area contributed by atoms with Crippen LogP contribution < -0.4 is 24.4 Å². The first-order valence-electron chi connectivity index (χ1n) is 15.1. The summed E-state index contributed by atoms with van der Waals surface area (Å²) in [5.41, 5.74) is 0.254. The summed E-state index contributed by atoms with van der Waals surface area (Å²) in [5.74, 6) is -0.518. The van der Waals surface area contributed by atoms with E-state index in [9.17, 15) is 18.3 Å². The van der Waals surface area contributed by atoms with E-state index in [-0.39, 0.29) is 57.6 Å². The Morgan fingerprint density at radius 2 is 1.75 bits per heavy atom. The van der Waals surface area contributed by atoms with E-state index < -0.39 is 33.0 Å². The molecule has 9 nitrogen and oxygen atoms in total. The molecule has 0 aromatic heterocycles. The molecule has 2 N–H and O–H groups in total. The van der Waals surface area contributed by atoms with E-state index in [1.165, 1.54) is 37.3 Å². The van der Waals surface area contributed by atoms with E-state index in [0.29, 0.717) is 27.8 Å². The van der Waals surface area contributed by atoms with Crippen LogP contribution in [0.1, 0.15) is 37.4 Å². The molecule has 0 bridgehead atoms. The third kappa shape index (κ3) is 6.27.